The van der Waals surface area contributed by atoms with Crippen LogP contribution in [0.4, 0.5) is 0 Å². The Morgan fingerprint density at radius 3 is 2.68 bits per heavy atom. The molecule has 5 nitrogen and oxygen atoms in total. The summed E-state index contributed by atoms with van der Waals surface area (Å²) in [6, 6.07) is -0.217. The quantitative estimate of drug-likeness (QED) is 0.735. The maximum atomic E-state index is 11.9. The van der Waals surface area contributed by atoms with E-state index in [1.165, 1.54) is 0 Å². The molecular formula is C14H26N2O3. The summed E-state index contributed by atoms with van der Waals surface area (Å²) in [5.41, 5.74) is 0. The Morgan fingerprint density at radius 1 is 1.47 bits per heavy atom. The molecule has 1 heterocycles. The van der Waals surface area contributed by atoms with Gasteiger partial charge in [-0.25, -0.2) is 0 Å². The molecule has 0 saturated carbocycles. The fourth-order valence-electron chi connectivity index (χ4n) is 2.71. The summed E-state index contributed by atoms with van der Waals surface area (Å²) in [6.07, 6.45) is 2.98. The molecule has 0 aromatic heterocycles. The number of hydrogen-bond donors (Lipinski definition) is 2. The molecule has 19 heavy (non-hydrogen) atoms. The van der Waals surface area contributed by atoms with Gasteiger partial charge >= 0.3 is 5.97 Å². The van der Waals surface area contributed by atoms with Gasteiger partial charge in [0.1, 0.15) is 0 Å². The Morgan fingerprint density at radius 2 is 2.16 bits per heavy atom. The lowest BCUT2D eigenvalue weighted by Crippen LogP contribution is -2.59. The molecule has 1 amide bonds. The van der Waals surface area contributed by atoms with Crippen molar-refractivity contribution in [3.05, 3.63) is 0 Å². The van der Waals surface area contributed by atoms with Crippen LogP contribution in [0, 0.1) is 5.92 Å². The van der Waals surface area contributed by atoms with E-state index in [1.54, 1.807) is 0 Å². The number of carboxylic acid groups (broad SMARTS) is 1. The molecule has 0 aliphatic carbocycles. The third kappa shape index (κ3) is 4.49. The average molecular weight is 270 g/mol. The molecule has 5 heteroatoms. The van der Waals surface area contributed by atoms with Gasteiger partial charge in [-0.05, 0) is 18.8 Å². The summed E-state index contributed by atoms with van der Waals surface area (Å²) in [5.74, 6) is -0.456. The van der Waals surface area contributed by atoms with Crippen LogP contribution < -0.4 is 5.32 Å². The topological polar surface area (TPSA) is 69.6 Å². The van der Waals surface area contributed by atoms with Crippen molar-refractivity contribution < 1.29 is 14.7 Å². The summed E-state index contributed by atoms with van der Waals surface area (Å²) >= 11 is 0. The third-order valence-corrected chi connectivity index (χ3v) is 4.05. The maximum Gasteiger partial charge on any atom is 0.305 e. The van der Waals surface area contributed by atoms with Crippen LogP contribution in [0.5, 0.6) is 0 Å². The molecule has 0 radical (unpaired) electrons. The molecule has 3 atom stereocenters. The molecule has 0 aromatic rings. The smallest absolute Gasteiger partial charge is 0.305 e. The maximum absolute atomic E-state index is 11.9. The van der Waals surface area contributed by atoms with Gasteiger partial charge in [-0.15, -0.1) is 0 Å². The first-order chi connectivity index (χ1) is 8.99. The van der Waals surface area contributed by atoms with Crippen LogP contribution in [0.3, 0.4) is 0 Å². The molecular weight excluding hydrogens is 244 g/mol. The van der Waals surface area contributed by atoms with Crippen molar-refractivity contribution in [1.29, 1.82) is 0 Å². The molecule has 0 bridgehead atoms. The fraction of sp³-hybridized carbons (Fsp3) is 0.857. The van der Waals surface area contributed by atoms with Gasteiger partial charge in [-0.1, -0.05) is 27.2 Å². The van der Waals surface area contributed by atoms with Crippen molar-refractivity contribution in [2.75, 3.05) is 13.1 Å². The number of aliphatic carboxylic acids is 1. The van der Waals surface area contributed by atoms with Gasteiger partial charge in [0.25, 0.3) is 0 Å². The summed E-state index contributed by atoms with van der Waals surface area (Å²) in [5, 5.41) is 11.7. The molecule has 0 spiro atoms. The minimum atomic E-state index is -0.912. The van der Waals surface area contributed by atoms with E-state index >= 15 is 0 Å². The summed E-state index contributed by atoms with van der Waals surface area (Å²) in [4.78, 5) is 24.9. The Balaban J connectivity index is 2.78. The second-order valence-corrected chi connectivity index (χ2v) is 5.45. The number of rotatable bonds is 7. The number of amides is 1. The molecule has 1 rings (SSSR count). The number of nitrogens with one attached hydrogen (secondary N) is 1. The van der Waals surface area contributed by atoms with Crippen molar-refractivity contribution in [3.63, 3.8) is 0 Å². The van der Waals surface area contributed by atoms with Crippen LogP contribution in [0.1, 0.15) is 46.5 Å². The van der Waals surface area contributed by atoms with E-state index < -0.39 is 12.0 Å². The van der Waals surface area contributed by atoms with Gasteiger partial charge in [0, 0.05) is 19.1 Å². The molecule has 1 aliphatic rings. The van der Waals surface area contributed by atoms with Crippen LogP contribution in [0.15, 0.2) is 0 Å². The molecule has 2 N–H and O–H groups in total. The van der Waals surface area contributed by atoms with Crippen molar-refractivity contribution in [1.82, 2.24) is 10.2 Å². The van der Waals surface area contributed by atoms with Gasteiger partial charge < -0.3 is 10.4 Å². The Labute approximate surface area is 115 Å². The second-order valence-electron chi connectivity index (χ2n) is 5.45. The highest BCUT2D eigenvalue weighted by molar-refractivity contribution is 5.86. The Bertz CT molecular complexity index is 320. The normalized spacial score (nSPS) is 23.7. The zero-order valence-corrected chi connectivity index (χ0v) is 12.2. The number of carbonyl (C=O) groups is 2. The predicted molar refractivity (Wildman–Crippen MR) is 73.9 cm³/mol. The fourth-order valence-corrected chi connectivity index (χ4v) is 2.71. The number of carboxylic acids is 1. The van der Waals surface area contributed by atoms with E-state index in [9.17, 15) is 9.59 Å². The molecule has 1 aliphatic heterocycles. The van der Waals surface area contributed by atoms with Crippen LogP contribution in [-0.4, -0.2) is 47.1 Å². The first-order valence-electron chi connectivity index (χ1n) is 7.24. The lowest BCUT2D eigenvalue weighted by Gasteiger charge is -2.40. The van der Waals surface area contributed by atoms with E-state index in [0.717, 1.165) is 25.8 Å². The molecule has 1 saturated heterocycles. The highest BCUT2D eigenvalue weighted by atomic mass is 16.4. The highest BCUT2D eigenvalue weighted by Gasteiger charge is 2.35. The molecule has 3 unspecified atom stereocenters. The molecule has 1 fully saturated rings. The minimum absolute atomic E-state index is 0.108. The molecule has 0 aromatic carbocycles. The zero-order chi connectivity index (χ0) is 14.4. The van der Waals surface area contributed by atoms with Crippen molar-refractivity contribution in [3.8, 4) is 0 Å². The van der Waals surface area contributed by atoms with Crippen LogP contribution in [0.25, 0.3) is 0 Å². The monoisotopic (exact) mass is 270 g/mol. The van der Waals surface area contributed by atoms with E-state index in [2.05, 4.69) is 31.0 Å². The first kappa shape index (κ1) is 16.0. The number of hydrogen-bond acceptors (Lipinski definition) is 3. The number of piperazine rings is 1. The van der Waals surface area contributed by atoms with E-state index in [1.807, 2.05) is 0 Å². The van der Waals surface area contributed by atoms with E-state index in [4.69, 9.17) is 5.11 Å². The van der Waals surface area contributed by atoms with Crippen molar-refractivity contribution in [2.45, 2.75) is 58.5 Å². The Hall–Kier alpha value is -1.10. The van der Waals surface area contributed by atoms with Crippen molar-refractivity contribution in [2.24, 2.45) is 5.92 Å². The number of carbonyl (C=O) groups excluding carboxylic acids is 1. The number of nitrogens with zero attached hydrogens (tertiary/aromatic N) is 1. The van der Waals surface area contributed by atoms with Gasteiger partial charge in [0.05, 0.1) is 12.5 Å². The first-order valence-corrected chi connectivity index (χ1v) is 7.24. The summed E-state index contributed by atoms with van der Waals surface area (Å²) in [7, 11) is 0. The lowest BCUT2D eigenvalue weighted by atomic mass is 9.94. The largest absolute Gasteiger partial charge is 0.481 e. The van der Waals surface area contributed by atoms with Crippen LogP contribution in [0.2, 0.25) is 0 Å². The average Bonchev–Trinajstić information content (AvgIpc) is 2.38. The Kier molecular flexibility index (Phi) is 6.28. The lowest BCUT2D eigenvalue weighted by molar-refractivity contribution is -0.144. The van der Waals surface area contributed by atoms with Crippen LogP contribution >= 0.6 is 0 Å². The van der Waals surface area contributed by atoms with E-state index in [0.29, 0.717) is 18.5 Å². The van der Waals surface area contributed by atoms with E-state index in [-0.39, 0.29) is 12.3 Å². The van der Waals surface area contributed by atoms with Crippen molar-refractivity contribution >= 4 is 11.9 Å². The standard InChI is InChI=1S/C14H26N2O3/c1-4-10(3)8-11(5-2)16-7-6-15-14(19)12(16)9-13(17)18/h10-12H,4-9H2,1-3H3,(H,15,19)(H,17,18). The third-order valence-electron chi connectivity index (χ3n) is 4.05. The SMILES string of the molecule is CCC(C)CC(CC)N1CCNC(=O)C1CC(=O)O. The van der Waals surface area contributed by atoms with Gasteiger partial charge in [0.15, 0.2) is 0 Å². The summed E-state index contributed by atoms with van der Waals surface area (Å²) in [6.45, 7) is 7.84. The van der Waals surface area contributed by atoms with Gasteiger partial charge in [-0.2, -0.15) is 0 Å². The minimum Gasteiger partial charge on any atom is -0.481 e. The highest BCUT2D eigenvalue weighted by Crippen LogP contribution is 2.22. The van der Waals surface area contributed by atoms with Crippen LogP contribution in [-0.2, 0) is 9.59 Å². The van der Waals surface area contributed by atoms with Gasteiger partial charge in [0.2, 0.25) is 5.91 Å². The zero-order valence-electron chi connectivity index (χ0n) is 12.2. The van der Waals surface area contributed by atoms with Gasteiger partial charge in [-0.3, -0.25) is 14.5 Å². The predicted octanol–water partition coefficient (Wildman–Crippen LogP) is 1.48. The molecule has 110 valence electrons. The summed E-state index contributed by atoms with van der Waals surface area (Å²) < 4.78 is 0. The second kappa shape index (κ2) is 7.48.